The normalized spacial score (nSPS) is 16.4. The van der Waals surface area contributed by atoms with E-state index >= 15 is 0 Å². The molecule has 7 nitrogen and oxygen atoms in total. The molecule has 0 bridgehead atoms. The number of nitrogens with one attached hydrogen (secondary N) is 2. The quantitative estimate of drug-likeness (QED) is 0.761. The molecule has 0 aromatic heterocycles. The summed E-state index contributed by atoms with van der Waals surface area (Å²) >= 11 is 6.18. The van der Waals surface area contributed by atoms with E-state index in [2.05, 4.69) is 10.6 Å². The zero-order valence-electron chi connectivity index (χ0n) is 17.1. The van der Waals surface area contributed by atoms with Crippen molar-refractivity contribution in [2.75, 3.05) is 31.5 Å². The Bertz CT molecular complexity index is 978. The van der Waals surface area contributed by atoms with E-state index in [1.165, 1.54) is 0 Å². The van der Waals surface area contributed by atoms with Crippen molar-refractivity contribution in [2.45, 2.75) is 25.3 Å². The first-order chi connectivity index (χ1) is 15.0. The third kappa shape index (κ3) is 5.35. The molecule has 162 valence electrons. The summed E-state index contributed by atoms with van der Waals surface area (Å²) in [5.74, 6) is -0.250. The SMILES string of the molecule is O=C(NC1CC1)c1cc(NC(=O)N2CCCN(C(=O)c3ccccc3)CC2)ccc1Cl. The highest BCUT2D eigenvalue weighted by atomic mass is 35.5. The first-order valence-corrected chi connectivity index (χ1v) is 10.9. The molecular weight excluding hydrogens is 416 g/mol. The van der Waals surface area contributed by atoms with Crippen LogP contribution >= 0.6 is 11.6 Å². The summed E-state index contributed by atoms with van der Waals surface area (Å²) in [6.07, 6.45) is 2.67. The van der Waals surface area contributed by atoms with Crippen molar-refractivity contribution in [3.63, 3.8) is 0 Å². The Labute approximate surface area is 186 Å². The minimum atomic E-state index is -0.259. The third-order valence-electron chi connectivity index (χ3n) is 5.47. The van der Waals surface area contributed by atoms with Crippen LogP contribution in [0.1, 0.15) is 40.0 Å². The van der Waals surface area contributed by atoms with Crippen molar-refractivity contribution in [3.05, 3.63) is 64.7 Å². The zero-order valence-corrected chi connectivity index (χ0v) is 17.9. The van der Waals surface area contributed by atoms with Crippen LogP contribution in [0.5, 0.6) is 0 Å². The van der Waals surface area contributed by atoms with Crippen LogP contribution in [-0.4, -0.2) is 59.9 Å². The number of urea groups is 1. The van der Waals surface area contributed by atoms with Crippen LogP contribution in [0.25, 0.3) is 0 Å². The second-order valence-electron chi connectivity index (χ2n) is 7.87. The van der Waals surface area contributed by atoms with Crippen molar-refractivity contribution < 1.29 is 14.4 Å². The topological polar surface area (TPSA) is 81.8 Å². The lowest BCUT2D eigenvalue weighted by Crippen LogP contribution is -2.39. The maximum Gasteiger partial charge on any atom is 0.321 e. The number of carbonyl (C=O) groups is 3. The van der Waals surface area contributed by atoms with E-state index in [1.807, 2.05) is 18.2 Å². The fraction of sp³-hybridized carbons (Fsp3) is 0.348. The Kier molecular flexibility index (Phi) is 6.42. The van der Waals surface area contributed by atoms with Gasteiger partial charge in [-0.3, -0.25) is 9.59 Å². The molecule has 1 aliphatic heterocycles. The maximum absolute atomic E-state index is 12.8. The summed E-state index contributed by atoms with van der Waals surface area (Å²) < 4.78 is 0. The number of nitrogens with zero attached hydrogens (tertiary/aromatic N) is 2. The molecule has 31 heavy (non-hydrogen) atoms. The summed E-state index contributed by atoms with van der Waals surface area (Å²) in [6.45, 7) is 2.06. The van der Waals surface area contributed by atoms with E-state index in [4.69, 9.17) is 11.6 Å². The van der Waals surface area contributed by atoms with Gasteiger partial charge in [0.2, 0.25) is 0 Å². The van der Waals surface area contributed by atoms with E-state index < -0.39 is 0 Å². The number of hydrogen-bond donors (Lipinski definition) is 2. The highest BCUT2D eigenvalue weighted by molar-refractivity contribution is 6.34. The largest absolute Gasteiger partial charge is 0.349 e. The first-order valence-electron chi connectivity index (χ1n) is 10.5. The summed E-state index contributed by atoms with van der Waals surface area (Å²) in [7, 11) is 0. The van der Waals surface area contributed by atoms with Crippen molar-refractivity contribution in [1.29, 1.82) is 0 Å². The van der Waals surface area contributed by atoms with E-state index in [1.54, 1.807) is 40.1 Å². The molecule has 1 heterocycles. The molecule has 4 amide bonds. The zero-order chi connectivity index (χ0) is 21.8. The molecule has 2 fully saturated rings. The molecule has 2 aliphatic rings. The first kappa shape index (κ1) is 21.2. The number of amides is 4. The maximum atomic E-state index is 12.8. The molecular formula is C23H25ClN4O3. The predicted octanol–water partition coefficient (Wildman–Crippen LogP) is 3.61. The Hall–Kier alpha value is -3.06. The molecule has 0 unspecified atom stereocenters. The van der Waals surface area contributed by atoms with Crippen LogP contribution in [0.3, 0.4) is 0 Å². The van der Waals surface area contributed by atoms with Crippen molar-refractivity contribution in [1.82, 2.24) is 15.1 Å². The van der Waals surface area contributed by atoms with E-state index in [0.717, 1.165) is 12.8 Å². The number of rotatable bonds is 4. The van der Waals surface area contributed by atoms with Gasteiger partial charge in [-0.15, -0.1) is 0 Å². The number of carbonyl (C=O) groups excluding carboxylic acids is 3. The number of halogens is 1. The molecule has 2 aromatic carbocycles. The van der Waals surface area contributed by atoms with Gasteiger partial charge in [0, 0.05) is 43.5 Å². The van der Waals surface area contributed by atoms with Crippen molar-refractivity contribution in [3.8, 4) is 0 Å². The molecule has 0 spiro atoms. The summed E-state index contributed by atoms with van der Waals surface area (Å²) in [4.78, 5) is 41.3. The monoisotopic (exact) mass is 440 g/mol. The average Bonchev–Trinajstić information content (AvgIpc) is 3.61. The predicted molar refractivity (Wildman–Crippen MR) is 119 cm³/mol. The molecule has 1 saturated heterocycles. The van der Waals surface area contributed by atoms with Crippen LogP contribution in [0.2, 0.25) is 5.02 Å². The lowest BCUT2D eigenvalue weighted by Gasteiger charge is -2.22. The van der Waals surface area contributed by atoms with Gasteiger partial charge in [-0.2, -0.15) is 0 Å². The van der Waals surface area contributed by atoms with Gasteiger partial charge in [0.15, 0.2) is 0 Å². The highest BCUT2D eigenvalue weighted by Gasteiger charge is 2.26. The van der Waals surface area contributed by atoms with Crippen molar-refractivity contribution in [2.24, 2.45) is 0 Å². The molecule has 4 rings (SSSR count). The molecule has 0 atom stereocenters. The lowest BCUT2D eigenvalue weighted by atomic mass is 10.2. The van der Waals surface area contributed by atoms with Crippen LogP contribution in [0.15, 0.2) is 48.5 Å². The van der Waals surface area contributed by atoms with Crippen LogP contribution < -0.4 is 10.6 Å². The number of hydrogen-bond acceptors (Lipinski definition) is 3. The Balaban J connectivity index is 1.36. The minimum absolute atomic E-state index is 0.0214. The van der Waals surface area contributed by atoms with Gasteiger partial charge in [-0.05, 0) is 49.6 Å². The van der Waals surface area contributed by atoms with Crippen molar-refractivity contribution >= 4 is 35.1 Å². The fourth-order valence-corrected chi connectivity index (χ4v) is 3.76. The molecule has 1 aliphatic carbocycles. The molecule has 2 N–H and O–H groups in total. The second-order valence-corrected chi connectivity index (χ2v) is 8.28. The van der Waals surface area contributed by atoms with Gasteiger partial charge in [0.1, 0.15) is 0 Å². The van der Waals surface area contributed by atoms with Gasteiger partial charge in [0.05, 0.1) is 10.6 Å². The Morgan fingerprint density at radius 2 is 1.61 bits per heavy atom. The minimum Gasteiger partial charge on any atom is -0.349 e. The Morgan fingerprint density at radius 3 is 2.35 bits per heavy atom. The van der Waals surface area contributed by atoms with Crippen LogP contribution in [-0.2, 0) is 0 Å². The van der Waals surface area contributed by atoms with Gasteiger partial charge in [-0.25, -0.2) is 4.79 Å². The standard InChI is InChI=1S/C23H25ClN4O3/c24-20-10-9-18(15-19(20)21(29)25-17-7-8-17)26-23(31)28-12-4-11-27(13-14-28)22(30)16-5-2-1-3-6-16/h1-3,5-6,9-10,15,17H,4,7-8,11-14H2,(H,25,29)(H,26,31). The van der Waals surface area contributed by atoms with Gasteiger partial charge >= 0.3 is 6.03 Å². The van der Waals surface area contributed by atoms with Gasteiger partial charge in [0.25, 0.3) is 11.8 Å². The molecule has 1 saturated carbocycles. The van der Waals surface area contributed by atoms with E-state index in [9.17, 15) is 14.4 Å². The summed E-state index contributed by atoms with van der Waals surface area (Å²) in [5.41, 5.74) is 1.51. The lowest BCUT2D eigenvalue weighted by molar-refractivity contribution is 0.0762. The summed E-state index contributed by atoms with van der Waals surface area (Å²) in [6, 6.07) is 14.0. The third-order valence-corrected chi connectivity index (χ3v) is 5.80. The second kappa shape index (κ2) is 9.39. The number of benzene rings is 2. The van der Waals surface area contributed by atoms with Crippen LogP contribution in [0.4, 0.5) is 10.5 Å². The Morgan fingerprint density at radius 1 is 0.903 bits per heavy atom. The van der Waals surface area contributed by atoms with E-state index in [0.29, 0.717) is 54.4 Å². The molecule has 2 aromatic rings. The fourth-order valence-electron chi connectivity index (χ4n) is 3.56. The molecule has 8 heteroatoms. The average molecular weight is 441 g/mol. The summed E-state index contributed by atoms with van der Waals surface area (Å²) in [5, 5.41) is 6.11. The smallest absolute Gasteiger partial charge is 0.321 e. The number of anilines is 1. The van der Waals surface area contributed by atoms with Gasteiger partial charge < -0.3 is 20.4 Å². The van der Waals surface area contributed by atoms with Crippen LogP contribution in [0, 0.1) is 0 Å². The molecule has 0 radical (unpaired) electrons. The van der Waals surface area contributed by atoms with E-state index in [-0.39, 0.29) is 23.9 Å². The highest BCUT2D eigenvalue weighted by Crippen LogP contribution is 2.24. The van der Waals surface area contributed by atoms with Gasteiger partial charge in [-0.1, -0.05) is 29.8 Å².